The first-order chi connectivity index (χ1) is 12.5. The van der Waals surface area contributed by atoms with Crippen molar-refractivity contribution in [2.24, 2.45) is 5.92 Å². The number of hydrogen-bond donors (Lipinski definition) is 0. The van der Waals surface area contributed by atoms with Gasteiger partial charge in [-0.2, -0.15) is 0 Å². The van der Waals surface area contributed by atoms with Crippen LogP contribution in [0.5, 0.6) is 5.75 Å². The van der Waals surface area contributed by atoms with Crippen LogP contribution in [-0.2, 0) is 11.2 Å². The van der Waals surface area contributed by atoms with Gasteiger partial charge in [0.25, 0.3) is 5.91 Å². The van der Waals surface area contributed by atoms with Crippen molar-refractivity contribution >= 4 is 17.5 Å². The summed E-state index contributed by atoms with van der Waals surface area (Å²) < 4.78 is 5.84. The molecule has 0 saturated carbocycles. The molecule has 0 aromatic heterocycles. The molecule has 1 amide bonds. The van der Waals surface area contributed by atoms with E-state index in [4.69, 9.17) is 16.3 Å². The summed E-state index contributed by atoms with van der Waals surface area (Å²) in [5.74, 6) is 1.40. The molecule has 1 aliphatic heterocycles. The first-order valence-corrected chi connectivity index (χ1v) is 9.66. The number of nitrogens with zero attached hydrogens (tertiary/aromatic N) is 1. The van der Waals surface area contributed by atoms with Gasteiger partial charge in [-0.05, 0) is 68.4 Å². The molecule has 0 bridgehead atoms. The fraction of sp³-hybridized carbons (Fsp3) is 0.409. The average Bonchev–Trinajstić information content (AvgIpc) is 2.65. The predicted molar refractivity (Wildman–Crippen MR) is 106 cm³/mol. The summed E-state index contributed by atoms with van der Waals surface area (Å²) in [4.78, 5) is 14.6. The molecule has 0 radical (unpaired) electrons. The van der Waals surface area contributed by atoms with Gasteiger partial charge in [0.05, 0.1) is 0 Å². The Morgan fingerprint density at radius 3 is 2.54 bits per heavy atom. The van der Waals surface area contributed by atoms with Crippen LogP contribution < -0.4 is 4.74 Å². The fourth-order valence-electron chi connectivity index (χ4n) is 3.51. The van der Waals surface area contributed by atoms with Crippen molar-refractivity contribution in [1.82, 2.24) is 4.90 Å². The van der Waals surface area contributed by atoms with Gasteiger partial charge >= 0.3 is 0 Å². The maximum atomic E-state index is 12.7. The van der Waals surface area contributed by atoms with E-state index in [1.165, 1.54) is 5.56 Å². The Bertz CT molecular complexity index is 739. The minimum atomic E-state index is -0.485. The Labute approximate surface area is 160 Å². The first-order valence-electron chi connectivity index (χ1n) is 9.28. The lowest BCUT2D eigenvalue weighted by Crippen LogP contribution is -2.45. The quantitative estimate of drug-likeness (QED) is 0.748. The zero-order valence-corrected chi connectivity index (χ0v) is 16.2. The van der Waals surface area contributed by atoms with Gasteiger partial charge < -0.3 is 9.64 Å². The van der Waals surface area contributed by atoms with E-state index in [0.29, 0.717) is 16.7 Å². The highest BCUT2D eigenvalue weighted by atomic mass is 35.5. The van der Waals surface area contributed by atoms with Crippen LogP contribution in [0.3, 0.4) is 0 Å². The molecule has 4 heteroatoms. The highest BCUT2D eigenvalue weighted by molar-refractivity contribution is 6.31. The number of likely N-dealkylation sites (tertiary alicyclic amines) is 1. The Hall–Kier alpha value is -2.00. The minimum Gasteiger partial charge on any atom is -0.481 e. The molecule has 0 N–H and O–H groups in total. The van der Waals surface area contributed by atoms with Gasteiger partial charge in [0.2, 0.25) is 0 Å². The van der Waals surface area contributed by atoms with E-state index in [0.717, 1.165) is 37.9 Å². The Kier molecular flexibility index (Phi) is 6.20. The van der Waals surface area contributed by atoms with Crippen LogP contribution in [0.25, 0.3) is 0 Å². The largest absolute Gasteiger partial charge is 0.481 e. The SMILES string of the molecule is Cc1cc(O[C@@H](C)C(=O)N2CCC(Cc3ccccc3)CC2)ccc1Cl. The number of rotatable bonds is 5. The van der Waals surface area contributed by atoms with Gasteiger partial charge in [0.1, 0.15) is 5.75 Å². The predicted octanol–water partition coefficient (Wildman–Crippen LogP) is 4.90. The molecule has 2 aromatic rings. The number of ether oxygens (including phenoxy) is 1. The summed E-state index contributed by atoms with van der Waals surface area (Å²) in [5, 5.41) is 0.705. The topological polar surface area (TPSA) is 29.5 Å². The van der Waals surface area contributed by atoms with E-state index in [-0.39, 0.29) is 5.91 Å². The lowest BCUT2D eigenvalue weighted by molar-refractivity contribution is -0.139. The van der Waals surface area contributed by atoms with Crippen LogP contribution in [0.2, 0.25) is 5.02 Å². The number of benzene rings is 2. The van der Waals surface area contributed by atoms with Crippen molar-refractivity contribution in [2.45, 2.75) is 39.2 Å². The Morgan fingerprint density at radius 1 is 1.19 bits per heavy atom. The Morgan fingerprint density at radius 2 is 1.88 bits per heavy atom. The molecule has 1 aliphatic rings. The van der Waals surface area contributed by atoms with Crippen LogP contribution in [0.4, 0.5) is 0 Å². The van der Waals surface area contributed by atoms with Gasteiger partial charge in [-0.1, -0.05) is 41.9 Å². The van der Waals surface area contributed by atoms with Crippen LogP contribution in [0, 0.1) is 12.8 Å². The third-order valence-electron chi connectivity index (χ3n) is 5.08. The summed E-state index contributed by atoms with van der Waals surface area (Å²) in [7, 11) is 0. The monoisotopic (exact) mass is 371 g/mol. The molecule has 3 nitrogen and oxygen atoms in total. The van der Waals surface area contributed by atoms with Crippen molar-refractivity contribution in [1.29, 1.82) is 0 Å². The van der Waals surface area contributed by atoms with Gasteiger partial charge in [0, 0.05) is 18.1 Å². The molecule has 138 valence electrons. The van der Waals surface area contributed by atoms with Gasteiger partial charge in [-0.15, -0.1) is 0 Å². The summed E-state index contributed by atoms with van der Waals surface area (Å²) in [5.41, 5.74) is 2.33. The number of halogens is 1. The van der Waals surface area contributed by atoms with E-state index in [1.54, 1.807) is 6.07 Å². The van der Waals surface area contributed by atoms with Crippen LogP contribution in [0.1, 0.15) is 30.9 Å². The highest BCUT2D eigenvalue weighted by Gasteiger charge is 2.27. The Balaban J connectivity index is 1.50. The van der Waals surface area contributed by atoms with Crippen molar-refractivity contribution < 1.29 is 9.53 Å². The van der Waals surface area contributed by atoms with Crippen LogP contribution in [-0.4, -0.2) is 30.0 Å². The average molecular weight is 372 g/mol. The van der Waals surface area contributed by atoms with Gasteiger partial charge in [-0.3, -0.25) is 4.79 Å². The van der Waals surface area contributed by atoms with E-state index >= 15 is 0 Å². The standard InChI is InChI=1S/C22H26ClNO2/c1-16-14-20(8-9-21(16)23)26-17(2)22(25)24-12-10-19(11-13-24)15-18-6-4-3-5-7-18/h3-9,14,17,19H,10-13,15H2,1-2H3/t17-/m0/s1. The molecular formula is C22H26ClNO2. The number of aryl methyl sites for hydroxylation is 1. The van der Waals surface area contributed by atoms with Crippen molar-refractivity contribution in [3.63, 3.8) is 0 Å². The molecule has 2 aromatic carbocycles. The minimum absolute atomic E-state index is 0.0655. The lowest BCUT2D eigenvalue weighted by Gasteiger charge is -2.33. The molecule has 1 saturated heterocycles. The van der Waals surface area contributed by atoms with E-state index in [1.807, 2.05) is 36.9 Å². The number of hydrogen-bond acceptors (Lipinski definition) is 2. The van der Waals surface area contributed by atoms with Crippen LogP contribution >= 0.6 is 11.6 Å². The molecule has 1 heterocycles. The number of piperidine rings is 1. The van der Waals surface area contributed by atoms with Crippen molar-refractivity contribution in [3.05, 3.63) is 64.7 Å². The number of amides is 1. The summed E-state index contributed by atoms with van der Waals surface area (Å²) in [6.45, 7) is 5.37. The number of carbonyl (C=O) groups excluding carboxylic acids is 1. The maximum Gasteiger partial charge on any atom is 0.263 e. The van der Waals surface area contributed by atoms with Gasteiger partial charge in [0.15, 0.2) is 6.10 Å². The zero-order valence-electron chi connectivity index (χ0n) is 15.5. The molecule has 26 heavy (non-hydrogen) atoms. The normalized spacial score (nSPS) is 16.3. The molecule has 1 fully saturated rings. The van der Waals surface area contributed by atoms with E-state index in [2.05, 4.69) is 24.3 Å². The van der Waals surface area contributed by atoms with Crippen LogP contribution in [0.15, 0.2) is 48.5 Å². The highest BCUT2D eigenvalue weighted by Crippen LogP contribution is 2.24. The lowest BCUT2D eigenvalue weighted by atomic mass is 9.90. The maximum absolute atomic E-state index is 12.7. The molecule has 0 spiro atoms. The smallest absolute Gasteiger partial charge is 0.263 e. The van der Waals surface area contributed by atoms with Crippen molar-refractivity contribution in [3.8, 4) is 5.75 Å². The second-order valence-electron chi connectivity index (χ2n) is 7.13. The van der Waals surface area contributed by atoms with Gasteiger partial charge in [-0.25, -0.2) is 0 Å². The third kappa shape index (κ3) is 4.79. The second kappa shape index (κ2) is 8.59. The molecular weight excluding hydrogens is 346 g/mol. The fourth-order valence-corrected chi connectivity index (χ4v) is 3.62. The second-order valence-corrected chi connectivity index (χ2v) is 7.54. The third-order valence-corrected chi connectivity index (χ3v) is 5.51. The molecule has 0 unspecified atom stereocenters. The summed E-state index contributed by atoms with van der Waals surface area (Å²) in [6.07, 6.45) is 2.71. The zero-order chi connectivity index (χ0) is 18.5. The van der Waals surface area contributed by atoms with E-state index < -0.39 is 6.10 Å². The van der Waals surface area contributed by atoms with E-state index in [9.17, 15) is 4.79 Å². The molecule has 0 aliphatic carbocycles. The summed E-state index contributed by atoms with van der Waals surface area (Å²) in [6, 6.07) is 16.1. The first kappa shape index (κ1) is 18.8. The summed E-state index contributed by atoms with van der Waals surface area (Å²) >= 11 is 6.04. The number of carbonyl (C=O) groups is 1. The molecule has 3 rings (SSSR count). The molecule has 1 atom stereocenters. The van der Waals surface area contributed by atoms with Crippen molar-refractivity contribution in [2.75, 3.05) is 13.1 Å².